The van der Waals surface area contributed by atoms with E-state index in [1.807, 2.05) is 20.8 Å². The minimum absolute atomic E-state index is 0.0569. The molecule has 29 heavy (non-hydrogen) atoms. The van der Waals surface area contributed by atoms with Crippen molar-refractivity contribution in [2.45, 2.75) is 84.2 Å². The molecule has 2 saturated heterocycles. The highest BCUT2D eigenvalue weighted by Crippen LogP contribution is 2.21. The average Bonchev–Trinajstić information content (AvgIpc) is 3.18. The Morgan fingerprint density at radius 3 is 2.62 bits per heavy atom. The van der Waals surface area contributed by atoms with Gasteiger partial charge in [-0.25, -0.2) is 4.79 Å². The van der Waals surface area contributed by atoms with Crippen molar-refractivity contribution in [2.24, 2.45) is 4.99 Å². The zero-order valence-corrected chi connectivity index (χ0v) is 18.8. The van der Waals surface area contributed by atoms with Crippen molar-refractivity contribution in [3.63, 3.8) is 0 Å². The van der Waals surface area contributed by atoms with Crippen LogP contribution in [-0.2, 0) is 14.2 Å². The number of aliphatic imine (C=N–C) groups is 1. The number of carbonyl (C=O) groups excluding carboxylic acids is 1. The van der Waals surface area contributed by atoms with Gasteiger partial charge >= 0.3 is 6.09 Å². The third-order valence-corrected chi connectivity index (χ3v) is 4.93. The summed E-state index contributed by atoms with van der Waals surface area (Å²) in [5.41, 5.74) is -0.510. The van der Waals surface area contributed by atoms with Crippen molar-refractivity contribution in [1.82, 2.24) is 15.5 Å². The van der Waals surface area contributed by atoms with Gasteiger partial charge in [0.2, 0.25) is 0 Å². The molecular weight excluding hydrogens is 372 g/mol. The normalized spacial score (nSPS) is 24.3. The maximum absolute atomic E-state index is 12.2. The zero-order chi connectivity index (χ0) is 21.3. The number of morpholine rings is 1. The first-order valence-electron chi connectivity index (χ1n) is 11.1. The van der Waals surface area contributed by atoms with Crippen LogP contribution < -0.4 is 10.6 Å². The summed E-state index contributed by atoms with van der Waals surface area (Å²) in [5.74, 6) is 0.867. The highest BCUT2D eigenvalue weighted by molar-refractivity contribution is 5.80. The average molecular weight is 413 g/mol. The first-order valence-corrected chi connectivity index (χ1v) is 11.1. The molecule has 2 aliphatic rings. The monoisotopic (exact) mass is 412 g/mol. The standard InChI is InChI=1S/C21H40N4O4/c1-6-9-16(24-20(26)29-21(3,4)5)14-23-19(22-7-2)25-11-13-28-18(15-25)17-10-8-12-27-17/h16-18H,6-15H2,1-5H3,(H,22,23)(H,24,26). The third-order valence-electron chi connectivity index (χ3n) is 4.93. The SMILES string of the molecule is CCCC(CN=C(NCC)N1CCOC(C2CCCO2)C1)NC(=O)OC(C)(C)C. The van der Waals surface area contributed by atoms with Gasteiger partial charge in [-0.3, -0.25) is 4.99 Å². The number of ether oxygens (including phenoxy) is 3. The molecule has 0 saturated carbocycles. The van der Waals surface area contributed by atoms with Crippen LogP contribution in [0.15, 0.2) is 4.99 Å². The van der Waals surface area contributed by atoms with Crippen LogP contribution in [0.2, 0.25) is 0 Å². The summed E-state index contributed by atoms with van der Waals surface area (Å²) in [7, 11) is 0. The Balaban J connectivity index is 1.98. The van der Waals surface area contributed by atoms with E-state index in [4.69, 9.17) is 19.2 Å². The van der Waals surface area contributed by atoms with Crippen LogP contribution in [0.5, 0.6) is 0 Å². The molecule has 8 nitrogen and oxygen atoms in total. The van der Waals surface area contributed by atoms with Crippen LogP contribution in [0.1, 0.15) is 60.3 Å². The molecule has 168 valence electrons. The molecule has 3 unspecified atom stereocenters. The van der Waals surface area contributed by atoms with Gasteiger partial charge in [-0.1, -0.05) is 13.3 Å². The Labute approximate surface area is 175 Å². The van der Waals surface area contributed by atoms with E-state index in [2.05, 4.69) is 29.4 Å². The summed E-state index contributed by atoms with van der Waals surface area (Å²) in [6, 6.07) is -0.0569. The number of nitrogens with one attached hydrogen (secondary N) is 2. The molecule has 3 atom stereocenters. The van der Waals surface area contributed by atoms with Crippen LogP contribution >= 0.6 is 0 Å². The van der Waals surface area contributed by atoms with Gasteiger partial charge in [0.1, 0.15) is 11.7 Å². The predicted molar refractivity (Wildman–Crippen MR) is 114 cm³/mol. The Kier molecular flexibility index (Phi) is 9.49. The van der Waals surface area contributed by atoms with Crippen molar-refractivity contribution >= 4 is 12.1 Å². The minimum Gasteiger partial charge on any atom is -0.444 e. The molecule has 0 aliphatic carbocycles. The third kappa shape index (κ3) is 8.38. The fourth-order valence-electron chi connectivity index (χ4n) is 3.64. The number of nitrogens with zero attached hydrogens (tertiary/aromatic N) is 2. The van der Waals surface area contributed by atoms with E-state index >= 15 is 0 Å². The van der Waals surface area contributed by atoms with Crippen LogP contribution in [0.3, 0.4) is 0 Å². The zero-order valence-electron chi connectivity index (χ0n) is 18.8. The fraction of sp³-hybridized carbons (Fsp3) is 0.905. The number of guanidine groups is 1. The van der Waals surface area contributed by atoms with Gasteiger partial charge in [-0.2, -0.15) is 0 Å². The van der Waals surface area contributed by atoms with E-state index in [0.717, 1.165) is 57.9 Å². The second kappa shape index (κ2) is 11.6. The van der Waals surface area contributed by atoms with E-state index in [1.54, 1.807) is 0 Å². The van der Waals surface area contributed by atoms with E-state index < -0.39 is 5.60 Å². The van der Waals surface area contributed by atoms with Gasteiger partial charge in [0.15, 0.2) is 5.96 Å². The largest absolute Gasteiger partial charge is 0.444 e. The molecule has 0 radical (unpaired) electrons. The lowest BCUT2D eigenvalue weighted by Crippen LogP contribution is -2.53. The molecule has 0 aromatic rings. The van der Waals surface area contributed by atoms with Gasteiger partial charge < -0.3 is 29.7 Å². The molecule has 2 aliphatic heterocycles. The van der Waals surface area contributed by atoms with E-state index in [0.29, 0.717) is 13.2 Å². The highest BCUT2D eigenvalue weighted by Gasteiger charge is 2.32. The molecular formula is C21H40N4O4. The lowest BCUT2D eigenvalue weighted by Gasteiger charge is -2.37. The number of amides is 1. The van der Waals surface area contributed by atoms with Gasteiger partial charge in [0, 0.05) is 26.2 Å². The number of carbonyl (C=O) groups is 1. The van der Waals surface area contributed by atoms with Gasteiger partial charge in [-0.15, -0.1) is 0 Å². The Morgan fingerprint density at radius 2 is 2.00 bits per heavy atom. The molecule has 8 heteroatoms. The Morgan fingerprint density at radius 1 is 1.24 bits per heavy atom. The minimum atomic E-state index is -0.510. The van der Waals surface area contributed by atoms with Crippen molar-refractivity contribution in [3.05, 3.63) is 0 Å². The summed E-state index contributed by atoms with van der Waals surface area (Å²) < 4.78 is 17.2. The topological polar surface area (TPSA) is 84.4 Å². The number of alkyl carbamates (subject to hydrolysis) is 1. The van der Waals surface area contributed by atoms with E-state index in [9.17, 15) is 4.79 Å². The summed E-state index contributed by atoms with van der Waals surface area (Å²) >= 11 is 0. The van der Waals surface area contributed by atoms with Crippen molar-refractivity contribution in [3.8, 4) is 0 Å². The summed E-state index contributed by atoms with van der Waals surface area (Å²) in [6.07, 6.45) is 3.86. The van der Waals surface area contributed by atoms with Crippen LogP contribution in [0.25, 0.3) is 0 Å². The molecule has 0 aromatic carbocycles. The fourth-order valence-corrected chi connectivity index (χ4v) is 3.64. The molecule has 2 N–H and O–H groups in total. The maximum atomic E-state index is 12.2. The number of hydrogen-bond acceptors (Lipinski definition) is 5. The molecule has 0 bridgehead atoms. The quantitative estimate of drug-likeness (QED) is 0.494. The molecule has 2 rings (SSSR count). The number of rotatable bonds is 7. The van der Waals surface area contributed by atoms with Gasteiger partial charge in [-0.05, 0) is 47.0 Å². The molecule has 2 heterocycles. The summed E-state index contributed by atoms with van der Waals surface area (Å²) in [5, 5.41) is 6.36. The predicted octanol–water partition coefficient (Wildman–Crippen LogP) is 2.53. The van der Waals surface area contributed by atoms with Crippen LogP contribution in [0, 0.1) is 0 Å². The lowest BCUT2D eigenvalue weighted by molar-refractivity contribution is -0.0817. The number of hydrogen-bond donors (Lipinski definition) is 2. The molecule has 2 fully saturated rings. The van der Waals surface area contributed by atoms with Crippen LogP contribution in [0.4, 0.5) is 4.79 Å². The van der Waals surface area contributed by atoms with Crippen LogP contribution in [-0.4, -0.2) is 80.2 Å². The summed E-state index contributed by atoms with van der Waals surface area (Å²) in [4.78, 5) is 19.2. The first-order chi connectivity index (χ1) is 13.8. The smallest absolute Gasteiger partial charge is 0.407 e. The second-order valence-corrected chi connectivity index (χ2v) is 8.73. The van der Waals surface area contributed by atoms with Gasteiger partial charge in [0.05, 0.1) is 25.3 Å². The Bertz CT molecular complexity index is 529. The lowest BCUT2D eigenvalue weighted by atomic mass is 10.1. The van der Waals surface area contributed by atoms with Gasteiger partial charge in [0.25, 0.3) is 0 Å². The molecule has 1 amide bonds. The summed E-state index contributed by atoms with van der Waals surface area (Å²) in [6.45, 7) is 14.1. The first kappa shape index (κ1) is 23.7. The molecule has 0 spiro atoms. The highest BCUT2D eigenvalue weighted by atomic mass is 16.6. The van der Waals surface area contributed by atoms with Crippen molar-refractivity contribution in [2.75, 3.05) is 39.4 Å². The van der Waals surface area contributed by atoms with E-state index in [1.165, 1.54) is 0 Å². The van der Waals surface area contributed by atoms with Crippen molar-refractivity contribution < 1.29 is 19.0 Å². The van der Waals surface area contributed by atoms with Crippen molar-refractivity contribution in [1.29, 1.82) is 0 Å². The molecule has 0 aromatic heterocycles. The Hall–Kier alpha value is -1.54. The van der Waals surface area contributed by atoms with E-state index in [-0.39, 0.29) is 24.3 Å². The second-order valence-electron chi connectivity index (χ2n) is 8.73. The maximum Gasteiger partial charge on any atom is 0.407 e.